The molecular weight excluding hydrogens is 323 g/mol. The molecule has 7 nitrogen and oxygen atoms in total. The highest BCUT2D eigenvalue weighted by Gasteiger charge is 2.42. The minimum absolute atomic E-state index is 0.0926. The second-order valence-corrected chi connectivity index (χ2v) is 6.35. The Morgan fingerprint density at radius 1 is 1.25 bits per heavy atom. The molecule has 2 aromatic rings. The molecule has 3 rings (SSSR count). The molecule has 0 N–H and O–H groups in total. The highest BCUT2D eigenvalue weighted by atomic mass is 19.4. The second kappa shape index (κ2) is 6.40. The number of nitrogens with zero attached hydrogens (tertiary/aromatic N) is 7. The minimum Gasteiger partial charge on any atom is -0.338 e. The first-order valence-corrected chi connectivity index (χ1v) is 7.88. The Labute approximate surface area is 137 Å². The van der Waals surface area contributed by atoms with Gasteiger partial charge < -0.3 is 4.90 Å². The standard InChI is InChI=1S/C14H20F3N7/c1-22(8-10-7-18-23(2)9-10)13-19-20-21-24(13)12-5-3-11(4-6-12)14(15,16)17/h7,9,11-12H,3-6,8H2,1-2H3. The summed E-state index contributed by atoms with van der Waals surface area (Å²) in [5.74, 6) is -0.642. The first kappa shape index (κ1) is 16.7. The van der Waals surface area contributed by atoms with Crippen LogP contribution in [0, 0.1) is 5.92 Å². The first-order chi connectivity index (χ1) is 11.3. The number of tetrazole rings is 1. The third-order valence-electron chi connectivity index (χ3n) is 4.50. The fourth-order valence-electron chi connectivity index (χ4n) is 3.22. The van der Waals surface area contributed by atoms with Crippen molar-refractivity contribution in [1.82, 2.24) is 30.0 Å². The van der Waals surface area contributed by atoms with Gasteiger partial charge in [0.2, 0.25) is 5.95 Å². The van der Waals surface area contributed by atoms with Crippen molar-refractivity contribution < 1.29 is 13.2 Å². The molecule has 0 amide bonds. The average molecular weight is 343 g/mol. The topological polar surface area (TPSA) is 64.7 Å². The number of alkyl halides is 3. The molecule has 1 fully saturated rings. The zero-order chi connectivity index (χ0) is 17.3. The van der Waals surface area contributed by atoms with Gasteiger partial charge in [-0.1, -0.05) is 5.10 Å². The van der Waals surface area contributed by atoms with Crippen LogP contribution in [0.1, 0.15) is 37.3 Å². The molecular formula is C14H20F3N7. The van der Waals surface area contributed by atoms with E-state index in [4.69, 9.17) is 0 Å². The SMILES string of the molecule is CN(Cc1cnn(C)c1)c1nnnn1C1CCC(C(F)(F)F)CC1. The smallest absolute Gasteiger partial charge is 0.338 e. The van der Waals surface area contributed by atoms with Gasteiger partial charge in [0.15, 0.2) is 0 Å². The van der Waals surface area contributed by atoms with E-state index in [1.807, 2.05) is 25.2 Å². The van der Waals surface area contributed by atoms with Crippen molar-refractivity contribution in [3.63, 3.8) is 0 Å². The molecule has 0 spiro atoms. The predicted molar refractivity (Wildman–Crippen MR) is 80.2 cm³/mol. The van der Waals surface area contributed by atoms with Crippen LogP contribution in [0.15, 0.2) is 12.4 Å². The summed E-state index contributed by atoms with van der Waals surface area (Å²) in [4.78, 5) is 1.88. The van der Waals surface area contributed by atoms with Crippen molar-refractivity contribution in [2.24, 2.45) is 13.0 Å². The third kappa shape index (κ3) is 3.51. The van der Waals surface area contributed by atoms with E-state index in [-0.39, 0.29) is 18.9 Å². The molecule has 0 aliphatic heterocycles. The maximum absolute atomic E-state index is 12.8. The van der Waals surface area contributed by atoms with E-state index in [1.165, 1.54) is 0 Å². The van der Waals surface area contributed by atoms with Crippen LogP contribution in [0.2, 0.25) is 0 Å². The second-order valence-electron chi connectivity index (χ2n) is 6.35. The monoisotopic (exact) mass is 343 g/mol. The lowest BCUT2D eigenvalue weighted by Gasteiger charge is -2.30. The Hall–Kier alpha value is -2.13. The van der Waals surface area contributed by atoms with E-state index in [9.17, 15) is 13.2 Å². The van der Waals surface area contributed by atoms with E-state index in [0.29, 0.717) is 25.3 Å². The fraction of sp³-hybridized carbons (Fsp3) is 0.714. The first-order valence-electron chi connectivity index (χ1n) is 7.88. The third-order valence-corrected chi connectivity index (χ3v) is 4.50. The molecule has 132 valence electrons. The number of anilines is 1. The van der Waals surface area contributed by atoms with Crippen LogP contribution < -0.4 is 4.90 Å². The molecule has 0 saturated heterocycles. The van der Waals surface area contributed by atoms with Gasteiger partial charge in [0.1, 0.15) is 0 Å². The van der Waals surface area contributed by atoms with E-state index in [0.717, 1.165) is 5.56 Å². The maximum Gasteiger partial charge on any atom is 0.391 e. The average Bonchev–Trinajstić information content (AvgIpc) is 3.15. The molecule has 0 aromatic carbocycles. The lowest BCUT2D eigenvalue weighted by molar-refractivity contribution is -0.183. The summed E-state index contributed by atoms with van der Waals surface area (Å²) in [6.45, 7) is 0.576. The van der Waals surface area contributed by atoms with Gasteiger partial charge in [0.25, 0.3) is 0 Å². The molecule has 1 saturated carbocycles. The zero-order valence-electron chi connectivity index (χ0n) is 13.6. The van der Waals surface area contributed by atoms with Gasteiger partial charge in [-0.05, 0) is 36.1 Å². The highest BCUT2D eigenvalue weighted by molar-refractivity contribution is 5.29. The van der Waals surface area contributed by atoms with Crippen molar-refractivity contribution in [3.8, 4) is 0 Å². The normalized spacial score (nSPS) is 21.9. The maximum atomic E-state index is 12.8. The van der Waals surface area contributed by atoms with E-state index < -0.39 is 12.1 Å². The molecule has 2 heterocycles. The molecule has 1 aliphatic carbocycles. The molecule has 1 aliphatic rings. The van der Waals surface area contributed by atoms with Crippen LogP contribution in [0.25, 0.3) is 0 Å². The lowest BCUT2D eigenvalue weighted by Crippen LogP contribution is -2.30. The lowest BCUT2D eigenvalue weighted by atomic mass is 9.86. The van der Waals surface area contributed by atoms with Crippen LogP contribution in [0.3, 0.4) is 0 Å². The Morgan fingerprint density at radius 3 is 2.54 bits per heavy atom. The zero-order valence-corrected chi connectivity index (χ0v) is 13.6. The summed E-state index contributed by atoms with van der Waals surface area (Å²) < 4.78 is 41.8. The largest absolute Gasteiger partial charge is 0.391 e. The number of aryl methyl sites for hydroxylation is 1. The molecule has 0 bridgehead atoms. The molecule has 0 atom stereocenters. The highest BCUT2D eigenvalue weighted by Crippen LogP contribution is 2.41. The van der Waals surface area contributed by atoms with Gasteiger partial charge in [-0.15, -0.1) is 0 Å². The summed E-state index contributed by atoms with van der Waals surface area (Å²) in [6.07, 6.45) is 0.676. The van der Waals surface area contributed by atoms with Gasteiger partial charge in [-0.3, -0.25) is 4.68 Å². The number of halogens is 3. The van der Waals surface area contributed by atoms with Crippen molar-refractivity contribution >= 4 is 5.95 Å². The number of rotatable bonds is 4. The molecule has 0 unspecified atom stereocenters. The van der Waals surface area contributed by atoms with Crippen molar-refractivity contribution in [2.45, 2.75) is 44.4 Å². The van der Waals surface area contributed by atoms with Gasteiger partial charge >= 0.3 is 6.18 Å². The van der Waals surface area contributed by atoms with Crippen molar-refractivity contribution in [1.29, 1.82) is 0 Å². The van der Waals surface area contributed by atoms with Crippen LogP contribution in [-0.2, 0) is 13.6 Å². The van der Waals surface area contributed by atoms with E-state index >= 15 is 0 Å². The van der Waals surface area contributed by atoms with Crippen LogP contribution in [0.4, 0.5) is 19.1 Å². The number of hydrogen-bond acceptors (Lipinski definition) is 5. The minimum atomic E-state index is -4.11. The van der Waals surface area contributed by atoms with Crippen molar-refractivity contribution in [2.75, 3.05) is 11.9 Å². The summed E-state index contributed by atoms with van der Waals surface area (Å²) in [5.41, 5.74) is 1.01. The molecule has 10 heteroatoms. The van der Waals surface area contributed by atoms with Gasteiger partial charge in [-0.25, -0.2) is 4.68 Å². The van der Waals surface area contributed by atoms with Crippen LogP contribution >= 0.6 is 0 Å². The van der Waals surface area contributed by atoms with Gasteiger partial charge in [0, 0.05) is 32.4 Å². The van der Waals surface area contributed by atoms with E-state index in [2.05, 4.69) is 20.6 Å². The molecule has 24 heavy (non-hydrogen) atoms. The Balaban J connectivity index is 1.67. The predicted octanol–water partition coefficient (Wildman–Crippen LogP) is 2.34. The Kier molecular flexibility index (Phi) is 4.46. The summed E-state index contributed by atoms with van der Waals surface area (Å²) in [6, 6.07) is -0.0926. The van der Waals surface area contributed by atoms with Crippen LogP contribution in [-0.4, -0.2) is 43.2 Å². The van der Waals surface area contributed by atoms with Gasteiger partial charge in [-0.2, -0.15) is 18.3 Å². The van der Waals surface area contributed by atoms with Crippen LogP contribution in [0.5, 0.6) is 0 Å². The Bertz CT molecular complexity index is 670. The summed E-state index contributed by atoms with van der Waals surface area (Å²) in [5, 5.41) is 15.9. The molecule has 0 radical (unpaired) electrons. The Morgan fingerprint density at radius 2 is 1.96 bits per heavy atom. The summed E-state index contributed by atoms with van der Waals surface area (Å²) >= 11 is 0. The van der Waals surface area contributed by atoms with E-state index in [1.54, 1.807) is 15.6 Å². The number of hydrogen-bond donors (Lipinski definition) is 0. The summed E-state index contributed by atoms with van der Waals surface area (Å²) in [7, 11) is 3.70. The molecule has 2 aromatic heterocycles. The van der Waals surface area contributed by atoms with Crippen molar-refractivity contribution in [3.05, 3.63) is 18.0 Å². The number of aromatic nitrogens is 6. The fourth-order valence-corrected chi connectivity index (χ4v) is 3.22. The van der Waals surface area contributed by atoms with Gasteiger partial charge in [0.05, 0.1) is 18.2 Å². The quantitative estimate of drug-likeness (QED) is 0.853.